The molecule has 0 unspecified atom stereocenters. The molecule has 1 fully saturated rings. The van der Waals surface area contributed by atoms with Gasteiger partial charge in [-0.15, -0.1) is 0 Å². The Morgan fingerprint density at radius 1 is 1.26 bits per heavy atom. The monoisotopic (exact) mass is 269 g/mol. The lowest BCUT2D eigenvalue weighted by molar-refractivity contribution is -0.137. The molecule has 1 aromatic carbocycles. The molecule has 1 heterocycles. The minimum Gasteiger partial charge on any atom is -0.339 e. The van der Waals surface area contributed by atoms with Crippen LogP contribution in [0, 0.1) is 0 Å². The molecule has 0 atom stereocenters. The normalized spacial score (nSPS) is 15.6. The van der Waals surface area contributed by atoms with E-state index in [9.17, 15) is 18.0 Å². The predicted molar refractivity (Wildman–Crippen MR) is 66.7 cm³/mol. The number of hydrogen-bond acceptors (Lipinski definition) is 1. The SMILES string of the molecule is C=Cc1cc(C(=O)N2CCCC2)ccc1C(F)(F)F. The lowest BCUT2D eigenvalue weighted by Crippen LogP contribution is -2.27. The lowest BCUT2D eigenvalue weighted by atomic mass is 10.0. The molecule has 0 spiro atoms. The highest BCUT2D eigenvalue weighted by atomic mass is 19.4. The van der Waals surface area contributed by atoms with Gasteiger partial charge in [-0.1, -0.05) is 12.7 Å². The van der Waals surface area contributed by atoms with E-state index in [0.29, 0.717) is 13.1 Å². The van der Waals surface area contributed by atoms with Gasteiger partial charge < -0.3 is 4.90 Å². The second kappa shape index (κ2) is 5.07. The summed E-state index contributed by atoms with van der Waals surface area (Å²) < 4.78 is 38.2. The van der Waals surface area contributed by atoms with E-state index in [1.165, 1.54) is 12.1 Å². The van der Waals surface area contributed by atoms with Crippen molar-refractivity contribution in [2.45, 2.75) is 19.0 Å². The van der Waals surface area contributed by atoms with Crippen LogP contribution in [0.15, 0.2) is 24.8 Å². The van der Waals surface area contributed by atoms with E-state index < -0.39 is 11.7 Å². The molecule has 0 aromatic heterocycles. The average molecular weight is 269 g/mol. The summed E-state index contributed by atoms with van der Waals surface area (Å²) in [4.78, 5) is 13.7. The fourth-order valence-corrected chi connectivity index (χ4v) is 2.23. The van der Waals surface area contributed by atoms with Crippen molar-refractivity contribution in [3.63, 3.8) is 0 Å². The average Bonchev–Trinajstić information content (AvgIpc) is 2.89. The molecule has 5 heteroatoms. The summed E-state index contributed by atoms with van der Waals surface area (Å²) in [6.07, 6.45) is -1.41. The van der Waals surface area contributed by atoms with Crippen LogP contribution in [0.25, 0.3) is 6.08 Å². The Morgan fingerprint density at radius 3 is 2.42 bits per heavy atom. The molecular formula is C14H14F3NO. The van der Waals surface area contributed by atoms with Crippen molar-refractivity contribution in [3.05, 3.63) is 41.5 Å². The Kier molecular flexibility index (Phi) is 3.64. The standard InChI is InChI=1S/C14H14F3NO/c1-2-10-9-11(5-6-12(10)14(15,16)17)13(19)18-7-3-4-8-18/h2,5-6,9H,1,3-4,7-8H2. The van der Waals surface area contributed by atoms with Crippen LogP contribution in [-0.4, -0.2) is 23.9 Å². The van der Waals surface area contributed by atoms with Crippen molar-refractivity contribution in [1.29, 1.82) is 0 Å². The Bertz CT molecular complexity index is 502. The first-order valence-corrected chi connectivity index (χ1v) is 6.06. The van der Waals surface area contributed by atoms with Gasteiger partial charge in [0.1, 0.15) is 0 Å². The molecule has 0 aliphatic carbocycles. The van der Waals surface area contributed by atoms with E-state index >= 15 is 0 Å². The van der Waals surface area contributed by atoms with E-state index in [1.807, 2.05) is 0 Å². The number of halogens is 3. The molecule has 2 rings (SSSR count). The third kappa shape index (κ3) is 2.80. The Balaban J connectivity index is 2.33. The lowest BCUT2D eigenvalue weighted by Gasteiger charge is -2.17. The van der Waals surface area contributed by atoms with Crippen molar-refractivity contribution >= 4 is 12.0 Å². The number of alkyl halides is 3. The van der Waals surface area contributed by atoms with Crippen molar-refractivity contribution in [2.75, 3.05) is 13.1 Å². The molecule has 102 valence electrons. The minimum absolute atomic E-state index is 0.0578. The number of benzene rings is 1. The summed E-state index contributed by atoms with van der Waals surface area (Å²) in [5.74, 6) is -0.214. The van der Waals surface area contributed by atoms with Gasteiger partial charge in [0.25, 0.3) is 5.91 Å². The molecule has 1 aromatic rings. The number of hydrogen-bond donors (Lipinski definition) is 0. The minimum atomic E-state index is -4.43. The summed E-state index contributed by atoms with van der Waals surface area (Å²) in [6, 6.07) is 3.44. The Morgan fingerprint density at radius 2 is 1.89 bits per heavy atom. The van der Waals surface area contributed by atoms with E-state index in [2.05, 4.69) is 6.58 Å². The van der Waals surface area contributed by atoms with E-state index in [4.69, 9.17) is 0 Å². The maximum absolute atomic E-state index is 12.7. The first-order valence-electron chi connectivity index (χ1n) is 6.06. The molecule has 0 N–H and O–H groups in total. The molecule has 1 saturated heterocycles. The van der Waals surface area contributed by atoms with E-state index in [1.54, 1.807) is 4.90 Å². The molecule has 1 amide bonds. The molecule has 2 nitrogen and oxygen atoms in total. The summed E-state index contributed by atoms with van der Waals surface area (Å²) in [5, 5.41) is 0. The van der Waals surface area contributed by atoms with Crippen LogP contribution in [0.3, 0.4) is 0 Å². The second-order valence-electron chi connectivity index (χ2n) is 4.50. The highest BCUT2D eigenvalue weighted by Crippen LogP contribution is 2.33. The van der Waals surface area contributed by atoms with Gasteiger partial charge in [0.2, 0.25) is 0 Å². The van der Waals surface area contributed by atoms with Crippen LogP contribution in [0.5, 0.6) is 0 Å². The third-order valence-corrected chi connectivity index (χ3v) is 3.22. The maximum Gasteiger partial charge on any atom is 0.416 e. The van der Waals surface area contributed by atoms with Crippen LogP contribution in [0.1, 0.15) is 34.3 Å². The number of amides is 1. The third-order valence-electron chi connectivity index (χ3n) is 3.22. The summed E-state index contributed by atoms with van der Waals surface area (Å²) in [6.45, 7) is 4.72. The Labute approximate surface area is 109 Å². The molecule has 1 aliphatic rings. The van der Waals surface area contributed by atoms with Gasteiger partial charge in [0.15, 0.2) is 0 Å². The molecule has 1 aliphatic heterocycles. The van der Waals surface area contributed by atoms with Crippen LogP contribution in [0.4, 0.5) is 13.2 Å². The first kappa shape index (κ1) is 13.6. The van der Waals surface area contributed by atoms with Crippen molar-refractivity contribution < 1.29 is 18.0 Å². The fourth-order valence-electron chi connectivity index (χ4n) is 2.23. The van der Waals surface area contributed by atoms with E-state index in [0.717, 1.165) is 25.0 Å². The zero-order valence-electron chi connectivity index (χ0n) is 10.3. The molecule has 0 saturated carbocycles. The topological polar surface area (TPSA) is 20.3 Å². The van der Waals surface area contributed by atoms with E-state index in [-0.39, 0.29) is 17.0 Å². The van der Waals surface area contributed by atoms with Crippen molar-refractivity contribution in [2.24, 2.45) is 0 Å². The second-order valence-corrected chi connectivity index (χ2v) is 4.50. The van der Waals surface area contributed by atoms with Gasteiger partial charge in [0, 0.05) is 18.7 Å². The number of carbonyl (C=O) groups excluding carboxylic acids is 1. The zero-order valence-corrected chi connectivity index (χ0v) is 10.3. The van der Waals surface area contributed by atoms with Gasteiger partial charge in [0.05, 0.1) is 5.56 Å². The van der Waals surface area contributed by atoms with Gasteiger partial charge in [-0.25, -0.2) is 0 Å². The maximum atomic E-state index is 12.7. The van der Waals surface area contributed by atoms with Crippen LogP contribution >= 0.6 is 0 Å². The molecule has 19 heavy (non-hydrogen) atoms. The fraction of sp³-hybridized carbons (Fsp3) is 0.357. The number of nitrogens with zero attached hydrogens (tertiary/aromatic N) is 1. The van der Waals surface area contributed by atoms with Crippen molar-refractivity contribution in [3.8, 4) is 0 Å². The number of carbonyl (C=O) groups is 1. The largest absolute Gasteiger partial charge is 0.416 e. The molecular weight excluding hydrogens is 255 g/mol. The summed E-state index contributed by atoms with van der Waals surface area (Å²) >= 11 is 0. The van der Waals surface area contributed by atoms with Gasteiger partial charge in [-0.3, -0.25) is 4.79 Å². The van der Waals surface area contributed by atoms with Crippen LogP contribution in [0.2, 0.25) is 0 Å². The smallest absolute Gasteiger partial charge is 0.339 e. The summed E-state index contributed by atoms with van der Waals surface area (Å²) in [7, 11) is 0. The van der Waals surface area contributed by atoms with Gasteiger partial charge >= 0.3 is 6.18 Å². The predicted octanol–water partition coefficient (Wildman–Crippen LogP) is 3.58. The van der Waals surface area contributed by atoms with Crippen molar-refractivity contribution in [1.82, 2.24) is 4.90 Å². The van der Waals surface area contributed by atoms with Crippen LogP contribution < -0.4 is 0 Å². The highest BCUT2D eigenvalue weighted by molar-refractivity contribution is 5.95. The Hall–Kier alpha value is -1.78. The number of likely N-dealkylation sites (tertiary alicyclic amines) is 1. The number of rotatable bonds is 2. The first-order chi connectivity index (χ1) is 8.93. The molecule has 0 radical (unpaired) electrons. The summed E-state index contributed by atoms with van der Waals surface area (Å²) in [5.41, 5.74) is -0.539. The molecule has 0 bridgehead atoms. The van der Waals surface area contributed by atoms with Crippen LogP contribution in [-0.2, 0) is 6.18 Å². The van der Waals surface area contributed by atoms with Gasteiger partial charge in [-0.05, 0) is 36.6 Å². The quantitative estimate of drug-likeness (QED) is 0.803. The highest BCUT2D eigenvalue weighted by Gasteiger charge is 2.33. The van der Waals surface area contributed by atoms with Gasteiger partial charge in [-0.2, -0.15) is 13.2 Å². The zero-order chi connectivity index (χ0) is 14.0.